The molecule has 0 amide bonds. The number of fused-ring (bicyclic) bond motifs is 1. The molecule has 0 spiro atoms. The van der Waals surface area contributed by atoms with Gasteiger partial charge in [-0.25, -0.2) is 4.98 Å². The second-order valence-electron chi connectivity index (χ2n) is 3.88. The summed E-state index contributed by atoms with van der Waals surface area (Å²) in [5, 5.41) is 0. The van der Waals surface area contributed by atoms with Gasteiger partial charge < -0.3 is 10.7 Å². The molecule has 0 unspecified atom stereocenters. The van der Waals surface area contributed by atoms with E-state index in [1.54, 1.807) is 24.3 Å². The van der Waals surface area contributed by atoms with Crippen LogP contribution in [-0.2, 0) is 6.42 Å². The molecule has 1 atom stereocenters. The maximum atomic E-state index is 12.5. The molecule has 1 aromatic heterocycles. The summed E-state index contributed by atoms with van der Waals surface area (Å²) in [4.78, 5) is 6.97. The van der Waals surface area contributed by atoms with Gasteiger partial charge in [0.15, 0.2) is 0 Å². The third kappa shape index (κ3) is 2.58. The van der Waals surface area contributed by atoms with Gasteiger partial charge in [0.2, 0.25) is 0 Å². The Morgan fingerprint density at radius 2 is 2.00 bits per heavy atom. The predicted molar refractivity (Wildman–Crippen MR) is 58.4 cm³/mol. The fourth-order valence-corrected chi connectivity index (χ4v) is 1.67. The number of para-hydroxylation sites is 2. The zero-order valence-corrected chi connectivity index (χ0v) is 8.96. The molecule has 3 N–H and O–H groups in total. The fraction of sp³-hybridized carbons (Fsp3) is 0.364. The Balaban J connectivity index is 2.23. The number of benzene rings is 1. The van der Waals surface area contributed by atoms with Crippen LogP contribution in [0.2, 0.25) is 0 Å². The molecule has 0 saturated carbocycles. The van der Waals surface area contributed by atoms with E-state index in [2.05, 4.69) is 9.97 Å². The summed E-state index contributed by atoms with van der Waals surface area (Å²) < 4.78 is 37.6. The number of rotatable bonds is 3. The van der Waals surface area contributed by atoms with Crippen LogP contribution in [0.5, 0.6) is 0 Å². The number of aromatic amines is 1. The van der Waals surface area contributed by atoms with E-state index in [1.807, 2.05) is 0 Å². The lowest BCUT2D eigenvalue weighted by Crippen LogP contribution is -2.32. The normalized spacial score (nSPS) is 14.1. The first-order valence-corrected chi connectivity index (χ1v) is 5.21. The van der Waals surface area contributed by atoms with Gasteiger partial charge in [0.1, 0.15) is 5.82 Å². The van der Waals surface area contributed by atoms with Gasteiger partial charge in [-0.15, -0.1) is 0 Å². The van der Waals surface area contributed by atoms with Gasteiger partial charge in [-0.05, 0) is 12.1 Å². The number of nitrogens with zero attached hydrogens (tertiary/aromatic N) is 1. The van der Waals surface area contributed by atoms with Gasteiger partial charge >= 0.3 is 6.18 Å². The average Bonchev–Trinajstić information content (AvgIpc) is 2.66. The third-order valence-electron chi connectivity index (χ3n) is 2.63. The summed E-state index contributed by atoms with van der Waals surface area (Å²) in [6.45, 7) is -0.430. The van der Waals surface area contributed by atoms with Crippen LogP contribution in [0.4, 0.5) is 13.2 Å². The molecule has 92 valence electrons. The zero-order chi connectivity index (χ0) is 12.5. The zero-order valence-electron chi connectivity index (χ0n) is 8.96. The summed E-state index contributed by atoms with van der Waals surface area (Å²) in [7, 11) is 0. The minimum absolute atomic E-state index is 0.214. The van der Waals surface area contributed by atoms with Crippen LogP contribution in [0, 0.1) is 5.92 Å². The number of nitrogens with two attached hydrogens (primary N) is 1. The summed E-state index contributed by atoms with van der Waals surface area (Å²) in [5.41, 5.74) is 6.54. The molecule has 0 saturated heterocycles. The topological polar surface area (TPSA) is 54.7 Å². The summed E-state index contributed by atoms with van der Waals surface area (Å²) in [5.74, 6) is -1.23. The van der Waals surface area contributed by atoms with Gasteiger partial charge in [-0.1, -0.05) is 12.1 Å². The lowest BCUT2D eigenvalue weighted by atomic mass is 10.1. The van der Waals surface area contributed by atoms with Crippen molar-refractivity contribution < 1.29 is 13.2 Å². The number of alkyl halides is 3. The summed E-state index contributed by atoms with van der Waals surface area (Å²) in [6.07, 6.45) is -4.50. The summed E-state index contributed by atoms with van der Waals surface area (Å²) >= 11 is 0. The average molecular weight is 243 g/mol. The minimum Gasteiger partial charge on any atom is -0.342 e. The van der Waals surface area contributed by atoms with Crippen molar-refractivity contribution >= 4 is 11.0 Å². The van der Waals surface area contributed by atoms with E-state index in [9.17, 15) is 13.2 Å². The van der Waals surface area contributed by atoms with Gasteiger partial charge in [-0.3, -0.25) is 0 Å². The lowest BCUT2D eigenvalue weighted by Gasteiger charge is -2.16. The van der Waals surface area contributed by atoms with Crippen molar-refractivity contribution in [2.24, 2.45) is 11.7 Å². The quantitative estimate of drug-likeness (QED) is 0.868. The molecule has 0 aliphatic carbocycles. The van der Waals surface area contributed by atoms with E-state index in [-0.39, 0.29) is 6.42 Å². The smallest absolute Gasteiger partial charge is 0.342 e. The molecule has 17 heavy (non-hydrogen) atoms. The van der Waals surface area contributed by atoms with Crippen molar-refractivity contribution in [1.82, 2.24) is 9.97 Å². The van der Waals surface area contributed by atoms with Crippen LogP contribution in [0.3, 0.4) is 0 Å². The molecule has 0 radical (unpaired) electrons. The summed E-state index contributed by atoms with van der Waals surface area (Å²) in [6, 6.07) is 7.11. The number of H-pyrrole nitrogens is 1. The SMILES string of the molecule is NC[C@H](Cc1nc2ccccc2[nH]1)C(F)(F)F. The molecule has 0 fully saturated rings. The molecule has 0 aliphatic heterocycles. The minimum atomic E-state index is -4.28. The fourth-order valence-electron chi connectivity index (χ4n) is 1.67. The second-order valence-corrected chi connectivity index (χ2v) is 3.88. The monoisotopic (exact) mass is 243 g/mol. The Labute approximate surface area is 95.8 Å². The van der Waals surface area contributed by atoms with Crippen LogP contribution in [0.15, 0.2) is 24.3 Å². The second kappa shape index (κ2) is 4.37. The highest BCUT2D eigenvalue weighted by molar-refractivity contribution is 5.74. The van der Waals surface area contributed by atoms with Crippen molar-refractivity contribution in [3.63, 3.8) is 0 Å². The van der Waals surface area contributed by atoms with Crippen LogP contribution in [-0.4, -0.2) is 22.7 Å². The molecule has 6 heteroatoms. The Kier molecular flexibility index (Phi) is 3.06. The van der Waals surface area contributed by atoms with E-state index in [0.717, 1.165) is 5.52 Å². The number of imidazole rings is 1. The van der Waals surface area contributed by atoms with Gasteiger partial charge in [0, 0.05) is 13.0 Å². The Hall–Kier alpha value is -1.56. The third-order valence-corrected chi connectivity index (χ3v) is 2.63. The van der Waals surface area contributed by atoms with Crippen LogP contribution < -0.4 is 5.73 Å². The molecule has 1 heterocycles. The lowest BCUT2D eigenvalue weighted by molar-refractivity contribution is -0.171. The maximum absolute atomic E-state index is 12.5. The Morgan fingerprint density at radius 1 is 1.29 bits per heavy atom. The Bertz CT molecular complexity index is 471. The van der Waals surface area contributed by atoms with E-state index in [1.165, 1.54) is 0 Å². The highest BCUT2D eigenvalue weighted by Gasteiger charge is 2.38. The predicted octanol–water partition coefficient (Wildman–Crippen LogP) is 2.24. The standard InChI is InChI=1S/C11H12F3N3/c12-11(13,14)7(6-15)5-10-16-8-3-1-2-4-9(8)17-10/h1-4,7H,5-6,15H2,(H,16,17)/t7-/m0/s1. The Morgan fingerprint density at radius 3 is 2.59 bits per heavy atom. The van der Waals surface area contributed by atoms with E-state index >= 15 is 0 Å². The molecule has 1 aromatic carbocycles. The highest BCUT2D eigenvalue weighted by Crippen LogP contribution is 2.28. The van der Waals surface area contributed by atoms with E-state index in [0.29, 0.717) is 11.3 Å². The van der Waals surface area contributed by atoms with Crippen molar-refractivity contribution in [3.05, 3.63) is 30.1 Å². The number of aromatic nitrogens is 2. The molecule has 0 bridgehead atoms. The van der Waals surface area contributed by atoms with E-state index in [4.69, 9.17) is 5.73 Å². The van der Waals surface area contributed by atoms with Crippen molar-refractivity contribution in [2.75, 3.05) is 6.54 Å². The van der Waals surface area contributed by atoms with Crippen LogP contribution >= 0.6 is 0 Å². The molecule has 3 nitrogen and oxygen atoms in total. The number of nitrogens with one attached hydrogen (secondary N) is 1. The van der Waals surface area contributed by atoms with Crippen molar-refractivity contribution in [3.8, 4) is 0 Å². The maximum Gasteiger partial charge on any atom is 0.393 e. The molecule has 2 aromatic rings. The van der Waals surface area contributed by atoms with Crippen molar-refractivity contribution in [2.45, 2.75) is 12.6 Å². The first kappa shape index (κ1) is 11.9. The number of hydrogen-bond donors (Lipinski definition) is 2. The van der Waals surface area contributed by atoms with Crippen LogP contribution in [0.1, 0.15) is 5.82 Å². The van der Waals surface area contributed by atoms with Gasteiger partial charge in [0.25, 0.3) is 0 Å². The first-order chi connectivity index (χ1) is 8.00. The largest absolute Gasteiger partial charge is 0.393 e. The molecule has 2 rings (SSSR count). The number of hydrogen-bond acceptors (Lipinski definition) is 2. The number of halogens is 3. The van der Waals surface area contributed by atoms with Gasteiger partial charge in [-0.2, -0.15) is 13.2 Å². The molecule has 0 aliphatic rings. The van der Waals surface area contributed by atoms with Crippen molar-refractivity contribution in [1.29, 1.82) is 0 Å². The van der Waals surface area contributed by atoms with Gasteiger partial charge in [0.05, 0.1) is 17.0 Å². The highest BCUT2D eigenvalue weighted by atomic mass is 19.4. The first-order valence-electron chi connectivity index (χ1n) is 5.21. The van der Waals surface area contributed by atoms with E-state index < -0.39 is 18.6 Å². The van der Waals surface area contributed by atoms with Crippen LogP contribution in [0.25, 0.3) is 11.0 Å². The molecular weight excluding hydrogens is 231 g/mol. The molecular formula is C11H12F3N3.